The summed E-state index contributed by atoms with van der Waals surface area (Å²) >= 11 is -2.10. The predicted molar refractivity (Wildman–Crippen MR) is 163 cm³/mol. The van der Waals surface area contributed by atoms with Crippen LogP contribution in [-0.4, -0.2) is 5.43 Å². The van der Waals surface area contributed by atoms with Gasteiger partial charge >= 0.3 is 238 Å². The summed E-state index contributed by atoms with van der Waals surface area (Å²) in [6.07, 6.45) is 7.50. The predicted octanol–water partition coefficient (Wildman–Crippen LogP) is 4.29. The van der Waals surface area contributed by atoms with Crippen molar-refractivity contribution in [3.8, 4) is 22.3 Å². The number of fused-ring (bicyclic) bond motifs is 2. The maximum absolute atomic E-state index is 2.64. The quantitative estimate of drug-likeness (QED) is 0.272. The molecule has 0 nitrogen and oxygen atoms in total. The standard InChI is InChI=1S/2C17H15.C2H6Si.2ClH.Zr/c2*1-2-13-11-15-9-6-10-16(17(15)12-13)14-7-4-3-5-8-14;1-3-2;;;/h2*3-12H,2H2,1H3;1-2H3;2*1H;/q;;;;;+2/p-2. The van der Waals surface area contributed by atoms with E-state index in [9.17, 15) is 0 Å². The van der Waals surface area contributed by atoms with E-state index in [4.69, 9.17) is 0 Å². The van der Waals surface area contributed by atoms with Crippen molar-refractivity contribution < 1.29 is 45.2 Å². The Morgan fingerprint density at radius 2 is 0.950 bits per heavy atom. The van der Waals surface area contributed by atoms with Gasteiger partial charge in [-0.3, -0.25) is 0 Å². The molecule has 0 saturated carbocycles. The van der Waals surface area contributed by atoms with Gasteiger partial charge in [0.25, 0.3) is 0 Å². The first kappa shape index (κ1) is 31.0. The molecule has 4 heteroatoms. The summed E-state index contributed by atoms with van der Waals surface area (Å²) in [6.45, 7) is 10.0. The molecule has 0 aromatic heterocycles. The third kappa shape index (κ3) is 5.46. The summed E-state index contributed by atoms with van der Waals surface area (Å²) in [6, 6.07) is 36.3. The second-order valence-corrected chi connectivity index (χ2v) is 28.7. The van der Waals surface area contributed by atoms with Crippen LogP contribution < -0.4 is 24.8 Å². The van der Waals surface area contributed by atoms with E-state index >= 15 is 0 Å². The zero-order valence-corrected chi connectivity index (χ0v) is 28.7. The van der Waals surface area contributed by atoms with Crippen LogP contribution in [0.1, 0.15) is 56.2 Å². The van der Waals surface area contributed by atoms with E-state index in [0.29, 0.717) is 7.25 Å². The topological polar surface area (TPSA) is 0 Å². The van der Waals surface area contributed by atoms with Crippen molar-refractivity contribution in [2.45, 2.75) is 47.0 Å². The average Bonchev–Trinajstić information content (AvgIpc) is 3.52. The molecule has 0 bridgehead atoms. The Morgan fingerprint density at radius 3 is 1.30 bits per heavy atom. The van der Waals surface area contributed by atoms with Gasteiger partial charge in [0.1, 0.15) is 0 Å². The van der Waals surface area contributed by atoms with Gasteiger partial charge < -0.3 is 24.8 Å². The molecule has 202 valence electrons. The molecule has 0 spiro atoms. The first-order valence-corrected chi connectivity index (χ1v) is 23.1. The molecular formula is C36H36Cl2SiZr. The van der Waals surface area contributed by atoms with Gasteiger partial charge in [-0.15, -0.1) is 0 Å². The van der Waals surface area contributed by atoms with E-state index in [0.717, 1.165) is 12.8 Å². The molecular weight excluding hydrogens is 623 g/mol. The van der Waals surface area contributed by atoms with Crippen LogP contribution in [0, 0.1) is 0 Å². The van der Waals surface area contributed by atoms with Crippen LogP contribution >= 0.6 is 0 Å². The van der Waals surface area contributed by atoms with Crippen LogP contribution in [0.2, 0.25) is 13.1 Å². The van der Waals surface area contributed by atoms with E-state index in [1.165, 1.54) is 33.4 Å². The zero-order valence-electron chi connectivity index (χ0n) is 23.7. The normalized spacial score (nSPS) is 16.4. The van der Waals surface area contributed by atoms with Crippen molar-refractivity contribution in [2.75, 3.05) is 0 Å². The van der Waals surface area contributed by atoms with Crippen molar-refractivity contribution >= 4 is 17.6 Å². The molecule has 40 heavy (non-hydrogen) atoms. The summed E-state index contributed by atoms with van der Waals surface area (Å²) < 4.78 is 1.35. The van der Waals surface area contributed by atoms with E-state index in [1.54, 1.807) is 22.3 Å². The van der Waals surface area contributed by atoms with Crippen LogP contribution in [-0.2, 0) is 20.4 Å². The molecule has 0 radical (unpaired) electrons. The maximum atomic E-state index is 2.64. The maximum Gasteiger partial charge on any atom is -1.00 e. The van der Waals surface area contributed by atoms with Crippen molar-refractivity contribution in [1.29, 1.82) is 0 Å². The fourth-order valence-electron chi connectivity index (χ4n) is 6.76. The molecule has 6 rings (SSSR count). The van der Waals surface area contributed by atoms with Crippen molar-refractivity contribution in [2.24, 2.45) is 0 Å². The molecule has 4 aromatic carbocycles. The Morgan fingerprint density at radius 1 is 0.550 bits per heavy atom. The minimum absolute atomic E-state index is 0. The third-order valence-corrected chi connectivity index (χ3v) is 28.0. The molecule has 0 N–H and O–H groups in total. The van der Waals surface area contributed by atoms with Gasteiger partial charge in [0.2, 0.25) is 0 Å². The molecule has 2 unspecified atom stereocenters. The number of benzene rings is 4. The SMILES string of the molecule is CCC1=Cc2c(-c3ccccc3)cccc2[CH]1[Zr+2]([CH]1C(CC)=Cc2c(-c3ccccc3)cccc21)=[Si](C)C.[Cl-].[Cl-]. The summed E-state index contributed by atoms with van der Waals surface area (Å²) in [5, 5.41) is 0. The molecule has 0 aliphatic heterocycles. The third-order valence-electron chi connectivity index (χ3n) is 8.49. The molecule has 0 fully saturated rings. The number of allylic oxidation sites excluding steroid dienone is 2. The summed E-state index contributed by atoms with van der Waals surface area (Å²) in [5.74, 6) is 0. The first-order valence-electron chi connectivity index (χ1n) is 14.1. The van der Waals surface area contributed by atoms with Gasteiger partial charge in [-0.2, -0.15) is 0 Å². The van der Waals surface area contributed by atoms with Gasteiger partial charge in [0.05, 0.1) is 0 Å². The van der Waals surface area contributed by atoms with Crippen molar-refractivity contribution in [3.63, 3.8) is 0 Å². The largest absolute Gasteiger partial charge is 1.00 e. The summed E-state index contributed by atoms with van der Waals surface area (Å²) in [4.78, 5) is 0. The van der Waals surface area contributed by atoms with Crippen LogP contribution in [0.3, 0.4) is 0 Å². The molecule has 2 atom stereocenters. The Kier molecular flexibility index (Phi) is 10.3. The van der Waals surface area contributed by atoms with Gasteiger partial charge in [0.15, 0.2) is 0 Å². The van der Waals surface area contributed by atoms with Gasteiger partial charge in [-0.05, 0) is 0 Å². The number of rotatable bonds is 6. The monoisotopic (exact) mass is 656 g/mol. The number of hydrogen-bond acceptors (Lipinski definition) is 0. The number of halogens is 2. The molecule has 4 aromatic rings. The smallest absolute Gasteiger partial charge is 1.00 e. The van der Waals surface area contributed by atoms with E-state index < -0.39 is 25.8 Å². The second-order valence-electron chi connectivity index (χ2n) is 10.8. The van der Waals surface area contributed by atoms with Crippen molar-refractivity contribution in [3.05, 3.63) is 130 Å². The van der Waals surface area contributed by atoms with E-state index in [2.05, 4.69) is 136 Å². The first-order chi connectivity index (χ1) is 18.6. The van der Waals surface area contributed by atoms with Crippen LogP contribution in [0.15, 0.2) is 108 Å². The summed E-state index contributed by atoms with van der Waals surface area (Å²) in [7, 11) is 0. The Hall–Kier alpha value is -1.96. The van der Waals surface area contributed by atoms with Crippen LogP contribution in [0.5, 0.6) is 0 Å². The fourth-order valence-corrected chi connectivity index (χ4v) is 27.5. The second kappa shape index (κ2) is 13.3. The average molecular weight is 659 g/mol. The minimum atomic E-state index is -2.10. The molecule has 0 amide bonds. The van der Waals surface area contributed by atoms with Gasteiger partial charge in [-0.1, -0.05) is 0 Å². The van der Waals surface area contributed by atoms with Gasteiger partial charge in [0, 0.05) is 0 Å². The van der Waals surface area contributed by atoms with Gasteiger partial charge in [-0.25, -0.2) is 0 Å². The zero-order chi connectivity index (χ0) is 26.2. The Labute approximate surface area is 260 Å². The Bertz CT molecular complexity index is 1480. The Balaban J connectivity index is 0.00000185. The number of hydrogen-bond donors (Lipinski definition) is 0. The minimum Gasteiger partial charge on any atom is -1.00 e. The molecule has 0 saturated heterocycles. The molecule has 2 aliphatic rings. The molecule has 0 heterocycles. The van der Waals surface area contributed by atoms with E-state index in [-0.39, 0.29) is 24.8 Å². The van der Waals surface area contributed by atoms with Crippen LogP contribution in [0.4, 0.5) is 0 Å². The fraction of sp³-hybridized carbons (Fsp3) is 0.222. The van der Waals surface area contributed by atoms with Crippen LogP contribution in [0.25, 0.3) is 34.4 Å². The summed E-state index contributed by atoms with van der Waals surface area (Å²) in [5.41, 5.74) is 14.7. The molecule has 2 aliphatic carbocycles. The van der Waals surface area contributed by atoms with E-state index in [1.807, 2.05) is 0 Å². The van der Waals surface area contributed by atoms with Crippen molar-refractivity contribution in [1.82, 2.24) is 0 Å².